The van der Waals surface area contributed by atoms with Crippen molar-refractivity contribution in [1.29, 1.82) is 0 Å². The van der Waals surface area contributed by atoms with Crippen LogP contribution in [-0.4, -0.2) is 10.9 Å². The maximum Gasteiger partial charge on any atom is 0.266 e. The summed E-state index contributed by atoms with van der Waals surface area (Å²) < 4.78 is 0. The summed E-state index contributed by atoms with van der Waals surface area (Å²) in [5.41, 5.74) is 4.80. The molecule has 1 amide bonds. The van der Waals surface area contributed by atoms with Crippen molar-refractivity contribution in [3.8, 4) is 0 Å². The summed E-state index contributed by atoms with van der Waals surface area (Å²) in [5.74, 6) is 6.50. The summed E-state index contributed by atoms with van der Waals surface area (Å²) in [5, 5.41) is 0. The van der Waals surface area contributed by atoms with Crippen molar-refractivity contribution in [3.63, 3.8) is 0 Å². The van der Waals surface area contributed by atoms with Crippen LogP contribution in [-0.2, 0) is 11.5 Å². The summed E-state index contributed by atoms with van der Waals surface area (Å²) in [7, 11) is 0. The second-order valence-corrected chi connectivity index (χ2v) is 4.98. The van der Waals surface area contributed by atoms with E-state index in [2.05, 4.69) is 22.5 Å². The first-order chi connectivity index (χ1) is 9.29. The van der Waals surface area contributed by atoms with Crippen molar-refractivity contribution >= 4 is 17.7 Å². The Morgan fingerprint density at radius 3 is 2.58 bits per heavy atom. The highest BCUT2D eigenvalue weighted by atomic mass is 32.2. The second-order valence-electron chi connectivity index (χ2n) is 3.99. The molecule has 1 aromatic carbocycles. The van der Waals surface area contributed by atoms with Crippen LogP contribution >= 0.6 is 11.8 Å². The van der Waals surface area contributed by atoms with E-state index in [1.165, 1.54) is 5.56 Å². The summed E-state index contributed by atoms with van der Waals surface area (Å²) in [6.07, 6.45) is 1.54. The van der Waals surface area contributed by atoms with Gasteiger partial charge in [0.2, 0.25) is 0 Å². The minimum atomic E-state index is -0.323. The van der Waals surface area contributed by atoms with Crippen molar-refractivity contribution in [2.24, 2.45) is 5.84 Å². The fourth-order valence-corrected chi connectivity index (χ4v) is 2.49. The molecule has 0 aliphatic carbocycles. The van der Waals surface area contributed by atoms with Crippen LogP contribution in [0.3, 0.4) is 0 Å². The Morgan fingerprint density at radius 1 is 1.16 bits per heavy atom. The number of nitrogens with two attached hydrogens (primary N) is 1. The van der Waals surface area contributed by atoms with E-state index in [4.69, 9.17) is 5.84 Å². The topological polar surface area (TPSA) is 68.0 Å². The number of aromatic nitrogens is 1. The highest BCUT2D eigenvalue weighted by Gasteiger charge is 2.03. The molecule has 2 aromatic rings. The van der Waals surface area contributed by atoms with Gasteiger partial charge >= 0.3 is 0 Å². The number of benzene rings is 1. The molecular formula is C14H15N3OS. The molecule has 0 unspecified atom stereocenters. The lowest BCUT2D eigenvalue weighted by Crippen LogP contribution is -2.30. The molecule has 2 rings (SSSR count). The van der Waals surface area contributed by atoms with E-state index in [0.29, 0.717) is 5.56 Å². The molecular weight excluding hydrogens is 258 g/mol. The van der Waals surface area contributed by atoms with Gasteiger partial charge < -0.3 is 0 Å². The van der Waals surface area contributed by atoms with Crippen LogP contribution in [0.1, 0.15) is 21.6 Å². The SMILES string of the molecule is NNC(=O)c1ccc(CSCc2ccccc2)nc1. The van der Waals surface area contributed by atoms with Crippen LogP contribution in [0.2, 0.25) is 0 Å². The molecule has 0 bridgehead atoms. The van der Waals surface area contributed by atoms with Gasteiger partial charge in [-0.15, -0.1) is 0 Å². The van der Waals surface area contributed by atoms with Gasteiger partial charge in [-0.05, 0) is 17.7 Å². The largest absolute Gasteiger partial charge is 0.290 e. The maximum atomic E-state index is 11.2. The van der Waals surface area contributed by atoms with Gasteiger partial charge in [0.05, 0.1) is 11.3 Å². The highest BCUT2D eigenvalue weighted by molar-refractivity contribution is 7.97. The molecule has 98 valence electrons. The minimum absolute atomic E-state index is 0.323. The first-order valence-electron chi connectivity index (χ1n) is 5.87. The number of nitrogens with one attached hydrogen (secondary N) is 1. The number of hydrogen-bond acceptors (Lipinski definition) is 4. The van der Waals surface area contributed by atoms with Crippen LogP contribution in [0.4, 0.5) is 0 Å². The van der Waals surface area contributed by atoms with E-state index in [1.807, 2.05) is 24.3 Å². The second kappa shape index (κ2) is 6.92. The summed E-state index contributed by atoms with van der Waals surface area (Å²) in [4.78, 5) is 15.5. The van der Waals surface area contributed by atoms with E-state index >= 15 is 0 Å². The lowest BCUT2D eigenvalue weighted by atomic mass is 10.2. The number of nitrogens with zero attached hydrogens (tertiary/aromatic N) is 1. The van der Waals surface area contributed by atoms with E-state index in [0.717, 1.165) is 17.2 Å². The van der Waals surface area contributed by atoms with Crippen LogP contribution in [0.25, 0.3) is 0 Å². The van der Waals surface area contributed by atoms with Crippen molar-refractivity contribution < 1.29 is 4.79 Å². The third kappa shape index (κ3) is 4.08. The van der Waals surface area contributed by atoms with E-state index in [1.54, 1.807) is 24.0 Å². The summed E-state index contributed by atoms with van der Waals surface area (Å²) in [6, 6.07) is 13.9. The Morgan fingerprint density at radius 2 is 1.95 bits per heavy atom. The van der Waals surface area contributed by atoms with Crippen LogP contribution in [0.15, 0.2) is 48.7 Å². The van der Waals surface area contributed by atoms with Crippen LogP contribution < -0.4 is 11.3 Å². The molecule has 0 aliphatic rings. The van der Waals surface area contributed by atoms with Gasteiger partial charge in [-0.2, -0.15) is 11.8 Å². The molecule has 0 atom stereocenters. The van der Waals surface area contributed by atoms with Gasteiger partial charge in [0, 0.05) is 17.7 Å². The van der Waals surface area contributed by atoms with Crippen molar-refractivity contribution in [1.82, 2.24) is 10.4 Å². The number of thioether (sulfide) groups is 1. The molecule has 1 heterocycles. The Labute approximate surface area is 116 Å². The van der Waals surface area contributed by atoms with E-state index in [-0.39, 0.29) is 5.91 Å². The monoisotopic (exact) mass is 273 g/mol. The van der Waals surface area contributed by atoms with Gasteiger partial charge in [0.15, 0.2) is 0 Å². The molecule has 0 aliphatic heterocycles. The van der Waals surface area contributed by atoms with Crippen molar-refractivity contribution in [3.05, 3.63) is 65.5 Å². The Balaban J connectivity index is 1.85. The average molecular weight is 273 g/mol. The number of hydrazine groups is 1. The average Bonchev–Trinajstić information content (AvgIpc) is 2.48. The number of carbonyl (C=O) groups excluding carboxylic acids is 1. The Bertz CT molecular complexity index is 528. The zero-order chi connectivity index (χ0) is 13.5. The fraction of sp³-hybridized carbons (Fsp3) is 0.143. The highest BCUT2D eigenvalue weighted by Crippen LogP contribution is 2.16. The van der Waals surface area contributed by atoms with Crippen molar-refractivity contribution in [2.45, 2.75) is 11.5 Å². The van der Waals surface area contributed by atoms with Gasteiger partial charge in [-0.1, -0.05) is 30.3 Å². The number of carbonyl (C=O) groups is 1. The number of nitrogen functional groups attached to an aromatic ring is 1. The molecule has 0 fully saturated rings. The Hall–Kier alpha value is -1.85. The molecule has 4 nitrogen and oxygen atoms in total. The molecule has 0 spiro atoms. The third-order valence-electron chi connectivity index (χ3n) is 2.58. The standard InChI is InChI=1S/C14H15N3OS/c15-17-14(18)12-6-7-13(16-8-12)10-19-9-11-4-2-1-3-5-11/h1-8H,9-10,15H2,(H,17,18). The first-order valence-corrected chi connectivity index (χ1v) is 7.02. The first kappa shape index (κ1) is 13.6. The summed E-state index contributed by atoms with van der Waals surface area (Å²) >= 11 is 1.79. The molecule has 0 saturated heterocycles. The summed E-state index contributed by atoms with van der Waals surface area (Å²) in [6.45, 7) is 0. The Kier molecular flexibility index (Phi) is 4.94. The molecule has 3 N–H and O–H groups in total. The van der Waals surface area contributed by atoms with Gasteiger partial charge in [-0.25, -0.2) is 5.84 Å². The third-order valence-corrected chi connectivity index (χ3v) is 3.62. The molecule has 5 heteroatoms. The molecule has 19 heavy (non-hydrogen) atoms. The minimum Gasteiger partial charge on any atom is -0.290 e. The lowest BCUT2D eigenvalue weighted by Gasteiger charge is -2.03. The van der Waals surface area contributed by atoms with E-state index in [9.17, 15) is 4.79 Å². The van der Waals surface area contributed by atoms with E-state index < -0.39 is 0 Å². The molecule has 0 saturated carbocycles. The van der Waals surface area contributed by atoms with Crippen molar-refractivity contribution in [2.75, 3.05) is 0 Å². The quantitative estimate of drug-likeness (QED) is 0.497. The maximum absolute atomic E-state index is 11.2. The fourth-order valence-electron chi connectivity index (χ4n) is 1.58. The van der Waals surface area contributed by atoms with Gasteiger partial charge in [-0.3, -0.25) is 15.2 Å². The van der Waals surface area contributed by atoms with Gasteiger partial charge in [0.25, 0.3) is 5.91 Å². The van der Waals surface area contributed by atoms with Crippen LogP contribution in [0, 0.1) is 0 Å². The van der Waals surface area contributed by atoms with Gasteiger partial charge in [0.1, 0.15) is 0 Å². The number of pyridine rings is 1. The number of amides is 1. The lowest BCUT2D eigenvalue weighted by molar-refractivity contribution is 0.0953. The normalized spacial score (nSPS) is 10.2. The smallest absolute Gasteiger partial charge is 0.266 e. The zero-order valence-electron chi connectivity index (χ0n) is 10.4. The predicted octanol–water partition coefficient (Wildman–Crippen LogP) is 2.12. The molecule has 1 aromatic heterocycles. The molecule has 0 radical (unpaired) electrons. The predicted molar refractivity (Wildman–Crippen MR) is 77.3 cm³/mol. The van der Waals surface area contributed by atoms with Crippen LogP contribution in [0.5, 0.6) is 0 Å². The zero-order valence-corrected chi connectivity index (χ0v) is 11.2. The number of hydrogen-bond donors (Lipinski definition) is 2. The number of rotatable bonds is 5.